The van der Waals surface area contributed by atoms with Crippen LogP contribution in [0.3, 0.4) is 0 Å². The molecule has 3 heterocycles. The Bertz CT molecular complexity index is 815. The van der Waals surface area contributed by atoms with Crippen LogP contribution in [0.25, 0.3) is 0 Å². The van der Waals surface area contributed by atoms with Crippen LogP contribution < -0.4 is 10.6 Å². The molecule has 0 saturated carbocycles. The number of carbonyl (C=O) groups excluding carboxylic acids is 2. The van der Waals surface area contributed by atoms with Crippen LogP contribution in [0, 0.1) is 6.92 Å². The summed E-state index contributed by atoms with van der Waals surface area (Å²) in [4.78, 5) is 27.0. The number of H-pyrrole nitrogens is 1. The number of rotatable bonds is 1. The van der Waals surface area contributed by atoms with Crippen molar-refractivity contribution in [3.05, 3.63) is 47.3 Å². The number of nitrogens with one attached hydrogen (secondary N) is 3. The number of hydrogen-bond acceptors (Lipinski definition) is 4. The van der Waals surface area contributed by atoms with Gasteiger partial charge in [-0.1, -0.05) is 12.1 Å². The molecule has 0 aliphatic carbocycles. The second kappa shape index (κ2) is 5.36. The summed E-state index contributed by atoms with van der Waals surface area (Å²) < 4.78 is 0. The minimum Gasteiger partial charge on any atom is -0.361 e. The molecule has 2 aliphatic rings. The van der Waals surface area contributed by atoms with Crippen molar-refractivity contribution in [2.45, 2.75) is 25.4 Å². The summed E-state index contributed by atoms with van der Waals surface area (Å²) in [5, 5.41) is 13.2. The van der Waals surface area contributed by atoms with Gasteiger partial charge in [0.15, 0.2) is 0 Å². The summed E-state index contributed by atoms with van der Waals surface area (Å²) in [6, 6.07) is 7.44. The lowest BCUT2D eigenvalue weighted by atomic mass is 9.93. The van der Waals surface area contributed by atoms with Crippen molar-refractivity contribution in [1.82, 2.24) is 20.4 Å². The molecule has 0 bridgehead atoms. The van der Waals surface area contributed by atoms with Gasteiger partial charge in [-0.3, -0.25) is 14.7 Å². The van der Waals surface area contributed by atoms with Gasteiger partial charge in [-0.15, -0.1) is 0 Å². The Morgan fingerprint density at radius 1 is 1.29 bits per heavy atom. The molecule has 124 valence electrons. The average Bonchev–Trinajstić information content (AvgIpc) is 3.00. The van der Waals surface area contributed by atoms with Gasteiger partial charge in [0.1, 0.15) is 5.66 Å². The maximum atomic E-state index is 12.8. The third-order valence-corrected chi connectivity index (χ3v) is 4.74. The molecule has 2 aliphatic heterocycles. The summed E-state index contributed by atoms with van der Waals surface area (Å²) in [5.41, 5.74) is 2.17. The summed E-state index contributed by atoms with van der Waals surface area (Å²) >= 11 is 0. The number of amides is 2. The number of aryl methyl sites for hydroxylation is 1. The number of nitrogens with zero attached hydrogens (tertiary/aromatic N) is 2. The molecule has 7 heteroatoms. The summed E-state index contributed by atoms with van der Waals surface area (Å²) in [6.45, 7) is 2.93. The fourth-order valence-electron chi connectivity index (χ4n) is 3.53. The first-order valence-electron chi connectivity index (χ1n) is 8.07. The number of hydrogen-bond donors (Lipinski definition) is 3. The highest BCUT2D eigenvalue weighted by Gasteiger charge is 2.42. The zero-order valence-corrected chi connectivity index (χ0v) is 13.4. The SMILES string of the molecule is Cc1[nH]ncc1C(=O)N1CCCC2(C1)NC(=O)c1ccccc1N2. The first kappa shape index (κ1) is 14.7. The molecule has 1 spiro atoms. The van der Waals surface area contributed by atoms with Gasteiger partial charge in [0, 0.05) is 17.9 Å². The molecule has 2 aromatic rings. The number of para-hydroxylation sites is 1. The van der Waals surface area contributed by atoms with Crippen molar-refractivity contribution in [2.24, 2.45) is 0 Å². The number of aromatic nitrogens is 2. The summed E-state index contributed by atoms with van der Waals surface area (Å²) in [7, 11) is 0. The van der Waals surface area contributed by atoms with Crippen LogP contribution in [0.2, 0.25) is 0 Å². The van der Waals surface area contributed by atoms with Crippen LogP contribution in [0.4, 0.5) is 5.69 Å². The molecule has 2 amide bonds. The second-order valence-corrected chi connectivity index (χ2v) is 6.45. The van der Waals surface area contributed by atoms with Gasteiger partial charge < -0.3 is 15.5 Å². The van der Waals surface area contributed by atoms with Crippen LogP contribution in [-0.4, -0.2) is 45.7 Å². The minimum absolute atomic E-state index is 0.0600. The number of carbonyl (C=O) groups is 2. The predicted molar refractivity (Wildman–Crippen MR) is 88.7 cm³/mol. The van der Waals surface area contributed by atoms with Crippen LogP contribution in [0.5, 0.6) is 0 Å². The van der Waals surface area contributed by atoms with Crippen LogP contribution in [0.1, 0.15) is 39.3 Å². The van der Waals surface area contributed by atoms with Crippen LogP contribution in [0.15, 0.2) is 30.5 Å². The largest absolute Gasteiger partial charge is 0.361 e. The van der Waals surface area contributed by atoms with E-state index >= 15 is 0 Å². The van der Waals surface area contributed by atoms with Crippen LogP contribution in [-0.2, 0) is 0 Å². The summed E-state index contributed by atoms with van der Waals surface area (Å²) in [5.74, 6) is -0.159. The molecular formula is C17H19N5O2. The number of aromatic amines is 1. The molecule has 1 atom stereocenters. The molecule has 1 aromatic carbocycles. The molecule has 1 fully saturated rings. The van der Waals surface area contributed by atoms with Crippen molar-refractivity contribution >= 4 is 17.5 Å². The highest BCUT2D eigenvalue weighted by molar-refractivity contribution is 6.02. The van der Waals surface area contributed by atoms with Crippen molar-refractivity contribution in [3.8, 4) is 0 Å². The Morgan fingerprint density at radius 3 is 2.92 bits per heavy atom. The number of likely N-dealkylation sites (tertiary alicyclic amines) is 1. The van der Waals surface area contributed by atoms with Gasteiger partial charge in [0.25, 0.3) is 11.8 Å². The van der Waals surface area contributed by atoms with E-state index in [0.29, 0.717) is 24.2 Å². The molecule has 1 unspecified atom stereocenters. The van der Waals surface area contributed by atoms with E-state index in [9.17, 15) is 9.59 Å². The van der Waals surface area contributed by atoms with E-state index in [2.05, 4.69) is 20.8 Å². The van der Waals surface area contributed by atoms with Crippen molar-refractivity contribution < 1.29 is 9.59 Å². The maximum absolute atomic E-state index is 12.8. The fraction of sp³-hybridized carbons (Fsp3) is 0.353. The highest BCUT2D eigenvalue weighted by Crippen LogP contribution is 2.31. The highest BCUT2D eigenvalue weighted by atomic mass is 16.2. The lowest BCUT2D eigenvalue weighted by Gasteiger charge is -2.46. The molecule has 24 heavy (non-hydrogen) atoms. The minimum atomic E-state index is -0.614. The van der Waals surface area contributed by atoms with Gasteiger partial charge >= 0.3 is 0 Å². The first-order valence-corrected chi connectivity index (χ1v) is 8.07. The third kappa shape index (κ3) is 2.33. The van der Waals surface area contributed by atoms with Gasteiger partial charge in [-0.05, 0) is 31.9 Å². The Morgan fingerprint density at radius 2 is 2.12 bits per heavy atom. The van der Waals surface area contributed by atoms with E-state index in [1.165, 1.54) is 0 Å². The van der Waals surface area contributed by atoms with Gasteiger partial charge in [-0.2, -0.15) is 5.10 Å². The first-order chi connectivity index (χ1) is 11.6. The lowest BCUT2D eigenvalue weighted by Crippen LogP contribution is -2.66. The normalized spacial score (nSPS) is 22.7. The van der Waals surface area contributed by atoms with Gasteiger partial charge in [0.2, 0.25) is 0 Å². The Labute approximate surface area is 139 Å². The van der Waals surface area contributed by atoms with E-state index in [1.54, 1.807) is 17.2 Å². The van der Waals surface area contributed by atoms with Crippen molar-refractivity contribution in [3.63, 3.8) is 0 Å². The quantitative estimate of drug-likeness (QED) is 0.741. The molecular weight excluding hydrogens is 306 g/mol. The molecule has 0 radical (unpaired) electrons. The predicted octanol–water partition coefficient (Wildman–Crippen LogP) is 1.51. The van der Waals surface area contributed by atoms with E-state index in [4.69, 9.17) is 0 Å². The molecule has 7 nitrogen and oxygen atoms in total. The van der Waals surface area contributed by atoms with E-state index < -0.39 is 5.66 Å². The third-order valence-electron chi connectivity index (χ3n) is 4.74. The number of piperidine rings is 1. The Hall–Kier alpha value is -2.83. The smallest absolute Gasteiger partial charge is 0.257 e. The van der Waals surface area contributed by atoms with Gasteiger partial charge in [-0.25, -0.2) is 0 Å². The Kier molecular flexibility index (Phi) is 3.30. The van der Waals surface area contributed by atoms with Crippen molar-refractivity contribution in [2.75, 3.05) is 18.4 Å². The zero-order chi connectivity index (χ0) is 16.7. The van der Waals surface area contributed by atoms with E-state index in [0.717, 1.165) is 24.2 Å². The fourth-order valence-corrected chi connectivity index (χ4v) is 3.53. The second-order valence-electron chi connectivity index (χ2n) is 6.45. The zero-order valence-electron chi connectivity index (χ0n) is 13.4. The Balaban J connectivity index is 1.60. The number of anilines is 1. The average molecular weight is 325 g/mol. The molecule has 1 aromatic heterocycles. The monoisotopic (exact) mass is 325 g/mol. The maximum Gasteiger partial charge on any atom is 0.257 e. The number of benzene rings is 1. The number of fused-ring (bicyclic) bond motifs is 1. The molecule has 3 N–H and O–H groups in total. The van der Waals surface area contributed by atoms with Crippen molar-refractivity contribution in [1.29, 1.82) is 0 Å². The molecule has 4 rings (SSSR count). The lowest BCUT2D eigenvalue weighted by molar-refractivity contribution is 0.0592. The standard InChI is InChI=1S/C17H19N5O2/c1-11-13(9-18-21-11)16(24)22-8-4-7-17(10-22)19-14-6-3-2-5-12(14)15(23)20-17/h2-3,5-6,9,19H,4,7-8,10H2,1H3,(H,18,21)(H,20,23). The van der Waals surface area contributed by atoms with E-state index in [-0.39, 0.29) is 11.8 Å². The van der Waals surface area contributed by atoms with E-state index in [1.807, 2.05) is 25.1 Å². The van der Waals surface area contributed by atoms with Crippen LogP contribution >= 0.6 is 0 Å². The van der Waals surface area contributed by atoms with Gasteiger partial charge in [0.05, 0.1) is 23.9 Å². The summed E-state index contributed by atoms with van der Waals surface area (Å²) in [6.07, 6.45) is 3.15. The topological polar surface area (TPSA) is 90.1 Å². The molecule has 1 saturated heterocycles.